The normalized spacial score (nSPS) is 18.3. The summed E-state index contributed by atoms with van der Waals surface area (Å²) in [6.45, 7) is 3.84. The van der Waals surface area contributed by atoms with Gasteiger partial charge in [0.25, 0.3) is 5.91 Å². The zero-order chi connectivity index (χ0) is 18.3. The first-order chi connectivity index (χ1) is 12.5. The Morgan fingerprint density at radius 2 is 2.12 bits per heavy atom. The molecule has 0 radical (unpaired) electrons. The Morgan fingerprint density at radius 3 is 2.85 bits per heavy atom. The highest BCUT2D eigenvalue weighted by Gasteiger charge is 2.45. The zero-order valence-electron chi connectivity index (χ0n) is 14.8. The van der Waals surface area contributed by atoms with E-state index in [1.54, 1.807) is 0 Å². The number of nitrogens with zero attached hydrogens (tertiary/aromatic N) is 4. The summed E-state index contributed by atoms with van der Waals surface area (Å²) in [5, 5.41) is 15.7. The molecule has 4 rings (SSSR count). The number of aryl methyl sites for hydroxylation is 1. The van der Waals surface area contributed by atoms with Gasteiger partial charge in [0.05, 0.1) is 11.7 Å². The number of likely N-dealkylation sites (tertiary alicyclic amines) is 1. The SMILES string of the molecule is Cc1cc(Nc2ncncc2C#N)cc2c1C(=O)NC21CCN(C)CC1. The minimum Gasteiger partial charge on any atom is -0.342 e. The molecule has 1 saturated heterocycles. The topological polar surface area (TPSA) is 93.9 Å². The van der Waals surface area contributed by atoms with Gasteiger partial charge in [0.2, 0.25) is 0 Å². The van der Waals surface area contributed by atoms with Crippen LogP contribution in [0.5, 0.6) is 0 Å². The van der Waals surface area contributed by atoms with E-state index < -0.39 is 0 Å². The maximum atomic E-state index is 12.6. The number of carbonyl (C=O) groups excluding carboxylic acids is 1. The van der Waals surface area contributed by atoms with Gasteiger partial charge in [-0.15, -0.1) is 0 Å². The number of hydrogen-bond acceptors (Lipinski definition) is 6. The van der Waals surface area contributed by atoms with E-state index in [0.717, 1.165) is 48.3 Å². The van der Waals surface area contributed by atoms with Crippen molar-refractivity contribution in [3.05, 3.63) is 46.9 Å². The van der Waals surface area contributed by atoms with Crippen molar-refractivity contribution >= 4 is 17.4 Å². The predicted molar refractivity (Wildman–Crippen MR) is 97.1 cm³/mol. The third kappa shape index (κ3) is 2.59. The second kappa shape index (κ2) is 6.07. The lowest BCUT2D eigenvalue weighted by Crippen LogP contribution is -2.48. The molecule has 1 fully saturated rings. The summed E-state index contributed by atoms with van der Waals surface area (Å²) in [5.74, 6) is 0.477. The highest BCUT2D eigenvalue weighted by Crippen LogP contribution is 2.42. The second-order valence-electron chi connectivity index (χ2n) is 7.08. The quantitative estimate of drug-likeness (QED) is 0.863. The maximum Gasteiger partial charge on any atom is 0.252 e. The largest absolute Gasteiger partial charge is 0.342 e. The molecule has 0 aliphatic carbocycles. The summed E-state index contributed by atoms with van der Waals surface area (Å²) in [5.41, 5.74) is 3.66. The van der Waals surface area contributed by atoms with E-state index in [4.69, 9.17) is 0 Å². The Kier molecular flexibility index (Phi) is 3.85. The molecule has 1 aromatic heterocycles. The molecule has 0 unspecified atom stereocenters. The lowest BCUT2D eigenvalue weighted by molar-refractivity contribution is 0.0880. The summed E-state index contributed by atoms with van der Waals surface area (Å²) in [6.07, 6.45) is 4.68. The van der Waals surface area contributed by atoms with E-state index in [-0.39, 0.29) is 11.4 Å². The highest BCUT2D eigenvalue weighted by atomic mass is 16.2. The molecule has 1 amide bonds. The molecular weight excluding hydrogens is 328 g/mol. The van der Waals surface area contributed by atoms with Crippen LogP contribution in [0.3, 0.4) is 0 Å². The second-order valence-corrected chi connectivity index (χ2v) is 7.08. The van der Waals surface area contributed by atoms with Crippen molar-refractivity contribution in [1.82, 2.24) is 20.2 Å². The van der Waals surface area contributed by atoms with Gasteiger partial charge in [0, 0.05) is 24.3 Å². The first-order valence-corrected chi connectivity index (χ1v) is 8.66. The smallest absolute Gasteiger partial charge is 0.252 e. The van der Waals surface area contributed by atoms with Gasteiger partial charge in [-0.05, 0) is 50.1 Å². The van der Waals surface area contributed by atoms with Gasteiger partial charge >= 0.3 is 0 Å². The molecule has 132 valence electrons. The number of hydrogen-bond donors (Lipinski definition) is 2. The number of piperidine rings is 1. The first-order valence-electron chi connectivity index (χ1n) is 8.66. The first kappa shape index (κ1) is 16.5. The molecule has 1 spiro atoms. The van der Waals surface area contributed by atoms with Gasteiger partial charge in [-0.25, -0.2) is 9.97 Å². The Morgan fingerprint density at radius 1 is 1.35 bits per heavy atom. The van der Waals surface area contributed by atoms with Crippen molar-refractivity contribution in [2.24, 2.45) is 0 Å². The molecule has 7 nitrogen and oxygen atoms in total. The molecule has 1 aromatic carbocycles. The average Bonchev–Trinajstić information content (AvgIpc) is 2.90. The van der Waals surface area contributed by atoms with Crippen LogP contribution in [-0.2, 0) is 5.54 Å². The van der Waals surface area contributed by atoms with Crippen molar-refractivity contribution in [3.8, 4) is 6.07 Å². The molecule has 2 aliphatic rings. The standard InChI is InChI=1S/C19H20N6O/c1-12-7-14(23-17-13(9-20)10-21-11-22-17)8-15-16(12)18(26)24-19(15)3-5-25(2)6-4-19/h7-8,10-11H,3-6H2,1-2H3,(H,24,26)(H,21,22,23). The van der Waals surface area contributed by atoms with Crippen LogP contribution in [0, 0.1) is 18.3 Å². The van der Waals surface area contributed by atoms with Gasteiger partial charge in [-0.3, -0.25) is 4.79 Å². The predicted octanol–water partition coefficient (Wildman–Crippen LogP) is 2.06. The number of carbonyl (C=O) groups is 1. The number of anilines is 2. The molecule has 2 aliphatic heterocycles. The Bertz CT molecular complexity index is 924. The molecule has 26 heavy (non-hydrogen) atoms. The van der Waals surface area contributed by atoms with Crippen LogP contribution in [-0.4, -0.2) is 40.9 Å². The number of aromatic nitrogens is 2. The van der Waals surface area contributed by atoms with Crippen LogP contribution in [0.4, 0.5) is 11.5 Å². The van der Waals surface area contributed by atoms with E-state index in [9.17, 15) is 10.1 Å². The lowest BCUT2D eigenvalue weighted by Gasteiger charge is -2.38. The van der Waals surface area contributed by atoms with E-state index in [1.807, 2.05) is 19.1 Å². The van der Waals surface area contributed by atoms with Crippen molar-refractivity contribution < 1.29 is 4.79 Å². The fourth-order valence-electron chi connectivity index (χ4n) is 3.93. The van der Waals surface area contributed by atoms with E-state index in [2.05, 4.69) is 38.6 Å². The minimum absolute atomic E-state index is 0.00773. The van der Waals surface area contributed by atoms with Crippen LogP contribution < -0.4 is 10.6 Å². The number of nitrogens with one attached hydrogen (secondary N) is 2. The Labute approximate surface area is 152 Å². The molecule has 0 atom stereocenters. The molecular formula is C19H20N6O. The average molecular weight is 348 g/mol. The Hall–Kier alpha value is -2.98. The Balaban J connectivity index is 1.75. The monoisotopic (exact) mass is 348 g/mol. The number of fused-ring (bicyclic) bond motifs is 2. The number of rotatable bonds is 2. The fourth-order valence-corrected chi connectivity index (χ4v) is 3.93. The number of benzene rings is 1. The van der Waals surface area contributed by atoms with Crippen molar-refractivity contribution in [2.45, 2.75) is 25.3 Å². The lowest BCUT2D eigenvalue weighted by atomic mass is 9.81. The van der Waals surface area contributed by atoms with Gasteiger partial charge in [0.15, 0.2) is 5.82 Å². The summed E-state index contributed by atoms with van der Waals surface area (Å²) in [7, 11) is 2.10. The van der Waals surface area contributed by atoms with Crippen LogP contribution in [0.15, 0.2) is 24.7 Å². The molecule has 0 bridgehead atoms. The van der Waals surface area contributed by atoms with Crippen molar-refractivity contribution in [3.63, 3.8) is 0 Å². The summed E-state index contributed by atoms with van der Waals surface area (Å²) in [6, 6.07) is 6.04. The van der Waals surface area contributed by atoms with Gasteiger partial charge in [-0.2, -0.15) is 5.26 Å². The molecule has 0 saturated carbocycles. The van der Waals surface area contributed by atoms with Crippen molar-refractivity contribution in [2.75, 3.05) is 25.5 Å². The van der Waals surface area contributed by atoms with Crippen LogP contribution in [0.2, 0.25) is 0 Å². The number of amides is 1. The van der Waals surface area contributed by atoms with E-state index in [1.165, 1.54) is 12.5 Å². The summed E-state index contributed by atoms with van der Waals surface area (Å²) in [4.78, 5) is 22.9. The fraction of sp³-hybridized carbons (Fsp3) is 0.368. The van der Waals surface area contributed by atoms with Gasteiger partial charge in [0.1, 0.15) is 18.0 Å². The summed E-state index contributed by atoms with van der Waals surface area (Å²) >= 11 is 0. The zero-order valence-corrected chi connectivity index (χ0v) is 14.8. The van der Waals surface area contributed by atoms with Gasteiger partial charge in [-0.1, -0.05) is 0 Å². The van der Waals surface area contributed by atoms with Gasteiger partial charge < -0.3 is 15.5 Å². The molecule has 2 aromatic rings. The van der Waals surface area contributed by atoms with E-state index >= 15 is 0 Å². The minimum atomic E-state index is -0.300. The van der Waals surface area contributed by atoms with Crippen LogP contribution in [0.1, 0.15) is 39.9 Å². The third-order valence-electron chi connectivity index (χ3n) is 5.37. The molecule has 3 heterocycles. The maximum absolute atomic E-state index is 12.6. The van der Waals surface area contributed by atoms with E-state index in [0.29, 0.717) is 11.4 Å². The number of nitriles is 1. The van der Waals surface area contributed by atoms with Crippen molar-refractivity contribution in [1.29, 1.82) is 5.26 Å². The molecule has 2 N–H and O–H groups in total. The third-order valence-corrected chi connectivity index (χ3v) is 5.37. The summed E-state index contributed by atoms with van der Waals surface area (Å²) < 4.78 is 0. The highest BCUT2D eigenvalue weighted by molar-refractivity contribution is 6.02. The molecule has 7 heteroatoms. The van der Waals surface area contributed by atoms with Crippen LogP contribution in [0.25, 0.3) is 0 Å². The van der Waals surface area contributed by atoms with Crippen LogP contribution >= 0.6 is 0 Å².